The maximum absolute atomic E-state index is 12.9. The molecular weight excluding hydrogens is 449 g/mol. The maximum Gasteiger partial charge on any atom is 0.433 e. The van der Waals surface area contributed by atoms with Gasteiger partial charge < -0.3 is 15.5 Å². The Hall–Kier alpha value is -3.70. The van der Waals surface area contributed by atoms with Gasteiger partial charge >= 0.3 is 6.18 Å². The van der Waals surface area contributed by atoms with Gasteiger partial charge in [0, 0.05) is 31.5 Å². The molecule has 0 spiro atoms. The van der Waals surface area contributed by atoms with Crippen LogP contribution in [0.25, 0.3) is 0 Å². The number of hydrogen-bond donors (Lipinski definition) is 2. The number of fused-ring (bicyclic) bond motifs is 1. The van der Waals surface area contributed by atoms with Gasteiger partial charge in [-0.2, -0.15) is 23.3 Å². The minimum atomic E-state index is -4.49. The highest BCUT2D eigenvalue weighted by molar-refractivity contribution is 6.03. The van der Waals surface area contributed by atoms with Crippen molar-refractivity contribution in [2.45, 2.75) is 45.1 Å². The van der Waals surface area contributed by atoms with Gasteiger partial charge in [0.05, 0.1) is 18.4 Å². The number of halogens is 3. The summed E-state index contributed by atoms with van der Waals surface area (Å²) >= 11 is 0. The predicted molar refractivity (Wildman–Crippen MR) is 118 cm³/mol. The van der Waals surface area contributed by atoms with E-state index in [9.17, 15) is 18.0 Å². The molecule has 1 saturated carbocycles. The lowest BCUT2D eigenvalue weighted by molar-refractivity contribution is -0.141. The first-order valence-electron chi connectivity index (χ1n) is 10.9. The van der Waals surface area contributed by atoms with Crippen LogP contribution < -0.4 is 15.5 Å². The molecule has 4 heterocycles. The van der Waals surface area contributed by atoms with Crippen LogP contribution in [-0.2, 0) is 24.1 Å². The van der Waals surface area contributed by atoms with E-state index in [1.807, 2.05) is 18.9 Å². The lowest BCUT2D eigenvalue weighted by Gasteiger charge is -2.35. The summed E-state index contributed by atoms with van der Waals surface area (Å²) in [6.45, 7) is 2.39. The third-order valence-electron chi connectivity index (χ3n) is 6.00. The SMILES string of the molecule is Cc1nc(NCc2cnn(Cc3ccnc(C(F)(F)F)c3)c2)nc2c1NC(=O)[C@H](C1CC1)N2C. The third kappa shape index (κ3) is 4.39. The van der Waals surface area contributed by atoms with E-state index >= 15 is 0 Å². The molecule has 0 bridgehead atoms. The number of nitrogens with one attached hydrogen (secondary N) is 2. The average molecular weight is 472 g/mol. The molecular formula is C22H23F3N8O. The summed E-state index contributed by atoms with van der Waals surface area (Å²) in [6, 6.07) is 2.33. The molecule has 1 aliphatic carbocycles. The van der Waals surface area contributed by atoms with Crippen molar-refractivity contribution in [3.8, 4) is 0 Å². The lowest BCUT2D eigenvalue weighted by atomic mass is 10.1. The zero-order valence-electron chi connectivity index (χ0n) is 18.6. The second kappa shape index (κ2) is 8.26. The average Bonchev–Trinajstić information content (AvgIpc) is 3.51. The van der Waals surface area contributed by atoms with Crippen molar-refractivity contribution in [3.05, 3.63) is 53.2 Å². The summed E-state index contributed by atoms with van der Waals surface area (Å²) in [6.07, 6.45) is 2.12. The number of hydrogen-bond acceptors (Lipinski definition) is 7. The number of nitrogens with zero attached hydrogens (tertiary/aromatic N) is 6. The van der Waals surface area contributed by atoms with E-state index in [0.29, 0.717) is 41.2 Å². The summed E-state index contributed by atoms with van der Waals surface area (Å²) in [5.41, 5.74) is 1.63. The fourth-order valence-electron chi connectivity index (χ4n) is 4.17. The molecule has 9 nitrogen and oxygen atoms in total. The van der Waals surface area contributed by atoms with Crippen molar-refractivity contribution in [2.75, 3.05) is 22.6 Å². The normalized spacial score (nSPS) is 18.0. The van der Waals surface area contributed by atoms with E-state index in [1.54, 1.807) is 17.1 Å². The number of pyridine rings is 1. The second-order valence-electron chi connectivity index (χ2n) is 8.66. The molecule has 1 amide bonds. The van der Waals surface area contributed by atoms with Gasteiger partial charge in [-0.3, -0.25) is 14.5 Å². The first-order chi connectivity index (χ1) is 16.2. The molecule has 2 N–H and O–H groups in total. The molecule has 0 radical (unpaired) electrons. The first-order valence-corrected chi connectivity index (χ1v) is 10.9. The van der Waals surface area contributed by atoms with Crippen LogP contribution in [0.4, 0.5) is 30.6 Å². The van der Waals surface area contributed by atoms with Crippen LogP contribution in [0, 0.1) is 12.8 Å². The van der Waals surface area contributed by atoms with Gasteiger partial charge in [-0.05, 0) is 43.4 Å². The van der Waals surface area contributed by atoms with E-state index in [4.69, 9.17) is 0 Å². The lowest BCUT2D eigenvalue weighted by Crippen LogP contribution is -2.48. The number of aryl methyl sites for hydroxylation is 1. The van der Waals surface area contributed by atoms with E-state index in [0.717, 1.165) is 30.7 Å². The van der Waals surface area contributed by atoms with Crippen molar-refractivity contribution in [1.29, 1.82) is 0 Å². The Morgan fingerprint density at radius 1 is 1.24 bits per heavy atom. The molecule has 3 aromatic heterocycles. The predicted octanol–water partition coefficient (Wildman–Crippen LogP) is 3.22. The van der Waals surface area contributed by atoms with Gasteiger partial charge in [-0.1, -0.05) is 0 Å². The molecule has 3 aromatic rings. The monoisotopic (exact) mass is 472 g/mol. The number of amides is 1. The summed E-state index contributed by atoms with van der Waals surface area (Å²) < 4.78 is 40.2. The van der Waals surface area contributed by atoms with Crippen LogP contribution in [-0.4, -0.2) is 43.7 Å². The Kier molecular flexibility index (Phi) is 5.37. The van der Waals surface area contributed by atoms with Gasteiger partial charge in [0.2, 0.25) is 11.9 Å². The summed E-state index contributed by atoms with van der Waals surface area (Å²) in [5, 5.41) is 10.4. The molecule has 5 rings (SSSR count). The van der Waals surface area contributed by atoms with Crippen molar-refractivity contribution >= 4 is 23.4 Å². The van der Waals surface area contributed by atoms with Crippen LogP contribution in [0.3, 0.4) is 0 Å². The number of rotatable bonds is 6. The zero-order chi connectivity index (χ0) is 24.0. The van der Waals surface area contributed by atoms with Crippen molar-refractivity contribution in [3.63, 3.8) is 0 Å². The van der Waals surface area contributed by atoms with Gasteiger partial charge in [-0.15, -0.1) is 0 Å². The van der Waals surface area contributed by atoms with Gasteiger partial charge in [-0.25, -0.2) is 4.98 Å². The van der Waals surface area contributed by atoms with Crippen LogP contribution in [0.1, 0.15) is 35.4 Å². The highest BCUT2D eigenvalue weighted by Crippen LogP contribution is 2.41. The molecule has 0 aromatic carbocycles. The van der Waals surface area contributed by atoms with E-state index in [-0.39, 0.29) is 18.5 Å². The number of aromatic nitrogens is 5. The highest BCUT2D eigenvalue weighted by Gasteiger charge is 2.43. The Balaban J connectivity index is 1.27. The molecule has 178 valence electrons. The number of carbonyl (C=O) groups excluding carboxylic acids is 1. The summed E-state index contributed by atoms with van der Waals surface area (Å²) in [4.78, 5) is 26.9. The Bertz CT molecular complexity index is 1240. The molecule has 2 aliphatic rings. The maximum atomic E-state index is 12.9. The van der Waals surface area contributed by atoms with Gasteiger partial charge in [0.25, 0.3) is 0 Å². The quantitative estimate of drug-likeness (QED) is 0.568. The Morgan fingerprint density at radius 2 is 2.03 bits per heavy atom. The number of alkyl halides is 3. The number of carbonyl (C=O) groups is 1. The van der Waals surface area contributed by atoms with E-state index < -0.39 is 11.9 Å². The van der Waals surface area contributed by atoms with Gasteiger partial charge in [0.15, 0.2) is 5.82 Å². The topological polar surface area (TPSA) is 101 Å². The smallest absolute Gasteiger partial charge is 0.350 e. The standard InChI is InChI=1S/C22H23F3N8O/c1-12-17-19(32(2)18(15-3-4-15)20(34)30-17)31-21(29-12)27-8-14-9-28-33(11-14)10-13-5-6-26-16(7-13)22(23,24)25/h5-7,9,11,15,18H,3-4,8,10H2,1-2H3,(H,30,34)(H,27,29,31)/t18-/m0/s1. The Morgan fingerprint density at radius 3 is 2.76 bits per heavy atom. The van der Waals surface area contributed by atoms with Gasteiger partial charge in [0.1, 0.15) is 17.4 Å². The molecule has 34 heavy (non-hydrogen) atoms. The first kappa shape index (κ1) is 22.1. The molecule has 1 aliphatic heterocycles. The minimum absolute atomic E-state index is 0.0196. The minimum Gasteiger partial charge on any atom is -0.350 e. The highest BCUT2D eigenvalue weighted by atomic mass is 19.4. The summed E-state index contributed by atoms with van der Waals surface area (Å²) in [5.74, 6) is 1.43. The largest absolute Gasteiger partial charge is 0.433 e. The molecule has 12 heteroatoms. The van der Waals surface area contributed by atoms with Crippen LogP contribution in [0.15, 0.2) is 30.7 Å². The number of likely N-dealkylation sites (N-methyl/N-ethyl adjacent to an activating group) is 1. The number of anilines is 3. The molecule has 1 fully saturated rings. The van der Waals surface area contributed by atoms with Crippen molar-refractivity contribution in [2.24, 2.45) is 5.92 Å². The van der Waals surface area contributed by atoms with Crippen LogP contribution in [0.2, 0.25) is 0 Å². The van der Waals surface area contributed by atoms with E-state index in [2.05, 4.69) is 30.7 Å². The molecule has 1 atom stereocenters. The molecule has 0 unspecified atom stereocenters. The van der Waals surface area contributed by atoms with Crippen LogP contribution in [0.5, 0.6) is 0 Å². The third-order valence-corrected chi connectivity index (χ3v) is 6.00. The second-order valence-corrected chi connectivity index (χ2v) is 8.66. The fraction of sp³-hybridized carbons (Fsp3) is 0.409. The van der Waals surface area contributed by atoms with Crippen molar-refractivity contribution < 1.29 is 18.0 Å². The van der Waals surface area contributed by atoms with Crippen LogP contribution >= 0.6 is 0 Å². The van der Waals surface area contributed by atoms with E-state index in [1.165, 1.54) is 6.07 Å². The fourth-order valence-corrected chi connectivity index (χ4v) is 4.17. The molecule has 0 saturated heterocycles. The zero-order valence-corrected chi connectivity index (χ0v) is 18.6. The Labute approximate surface area is 193 Å². The van der Waals surface area contributed by atoms with Crippen molar-refractivity contribution in [1.82, 2.24) is 24.7 Å². The summed E-state index contributed by atoms with van der Waals surface area (Å²) in [7, 11) is 1.88.